The van der Waals surface area contributed by atoms with Crippen molar-refractivity contribution in [2.24, 2.45) is 17.3 Å². The second-order valence-corrected chi connectivity index (χ2v) is 19.8. The van der Waals surface area contributed by atoms with Crippen LogP contribution in [0.2, 0.25) is 0 Å². The molecule has 2 aromatic rings. The predicted octanol–water partition coefficient (Wildman–Crippen LogP) is 8.41. The highest BCUT2D eigenvalue weighted by Crippen LogP contribution is 2.33. The van der Waals surface area contributed by atoms with Crippen LogP contribution in [0.4, 0.5) is 10.1 Å². The van der Waals surface area contributed by atoms with Crippen molar-refractivity contribution in [2.75, 3.05) is 32.1 Å². The van der Waals surface area contributed by atoms with Gasteiger partial charge in [-0.05, 0) is 103 Å². The zero-order valence-electron chi connectivity index (χ0n) is 40.1. The number of carboxylic acid groups (broad SMARTS) is 1. The molecule has 0 spiro atoms. The number of ether oxygens (including phenoxy) is 1. The Bertz CT molecular complexity index is 1820. The van der Waals surface area contributed by atoms with E-state index >= 15 is 0 Å². The second kappa shape index (κ2) is 24.8. The largest absolute Gasteiger partial charge is 0.481 e. The number of rotatable bonds is 25. The average molecular weight is 901 g/mol. The van der Waals surface area contributed by atoms with E-state index in [2.05, 4.69) is 22.5 Å². The van der Waals surface area contributed by atoms with E-state index in [4.69, 9.17) is 9.72 Å². The fourth-order valence-corrected chi connectivity index (χ4v) is 9.08. The number of aliphatic carboxylic acids is 1. The van der Waals surface area contributed by atoms with E-state index < -0.39 is 47.5 Å². The Morgan fingerprint density at radius 2 is 1.75 bits per heavy atom. The number of halogens is 1. The van der Waals surface area contributed by atoms with E-state index in [-0.39, 0.29) is 66.5 Å². The Morgan fingerprint density at radius 1 is 1.05 bits per heavy atom. The van der Waals surface area contributed by atoms with Crippen LogP contribution < -0.4 is 15.5 Å². The lowest BCUT2D eigenvalue weighted by atomic mass is 9.83. The summed E-state index contributed by atoms with van der Waals surface area (Å²) in [4.78, 5) is 78.1. The van der Waals surface area contributed by atoms with Crippen LogP contribution in [-0.2, 0) is 30.3 Å². The van der Waals surface area contributed by atoms with Crippen molar-refractivity contribution in [3.8, 4) is 0 Å². The number of carboxylic acids is 1. The van der Waals surface area contributed by atoms with Gasteiger partial charge in [0.2, 0.25) is 11.8 Å². The van der Waals surface area contributed by atoms with Crippen molar-refractivity contribution in [1.82, 2.24) is 25.4 Å². The standard InChI is InChI=1S/C48H77FN6O7S/c1-13-15-16-18-24-55(46(59)42(32(7)14-2)52-44(58)38-20-17-19-23-53(38)11)39(30(3)4)27-41(62-33(8)56)45-51-37(29-63-45)43(57)50-35(28-48(9,10)47(60)61)25-34-21-22-36(49)40(26-34)54(12)31(5)6/h21-22,26,29-32,35,38-39,41-42H,13-20,23-25,27-28H2,1-12H3,(H,50,57)(H,52,58)(H,60,61)/t32-,35?,38+,39+,41+,42-/m0/s1. The normalized spacial score (nSPS) is 17.1. The maximum Gasteiger partial charge on any atom is 0.309 e. The number of piperidine rings is 1. The Morgan fingerprint density at radius 3 is 2.33 bits per heavy atom. The van der Waals surface area contributed by atoms with Crippen LogP contribution in [0.3, 0.4) is 0 Å². The third kappa shape index (κ3) is 15.5. The molecule has 63 heavy (non-hydrogen) atoms. The highest BCUT2D eigenvalue weighted by Gasteiger charge is 2.39. The molecule has 1 fully saturated rings. The predicted molar refractivity (Wildman–Crippen MR) is 248 cm³/mol. The van der Waals surface area contributed by atoms with Gasteiger partial charge in [0.25, 0.3) is 5.91 Å². The van der Waals surface area contributed by atoms with Gasteiger partial charge >= 0.3 is 11.9 Å². The summed E-state index contributed by atoms with van der Waals surface area (Å²) in [5.74, 6) is -2.98. The molecular formula is C48H77FN6O7S. The number of amides is 3. The summed E-state index contributed by atoms with van der Waals surface area (Å²) in [5.41, 5.74) is 0.00601. The minimum absolute atomic E-state index is 0.0267. The monoisotopic (exact) mass is 901 g/mol. The molecule has 0 radical (unpaired) electrons. The van der Waals surface area contributed by atoms with Gasteiger partial charge in [0.15, 0.2) is 6.10 Å². The number of nitrogens with zero attached hydrogens (tertiary/aromatic N) is 4. The molecule has 3 N–H and O–H groups in total. The number of nitrogens with one attached hydrogen (secondary N) is 2. The van der Waals surface area contributed by atoms with E-state index in [1.807, 2.05) is 58.4 Å². The summed E-state index contributed by atoms with van der Waals surface area (Å²) in [5, 5.41) is 18.2. The van der Waals surface area contributed by atoms with Crippen molar-refractivity contribution in [2.45, 2.75) is 176 Å². The zero-order valence-corrected chi connectivity index (χ0v) is 40.9. The van der Waals surface area contributed by atoms with Gasteiger partial charge in [-0.25, -0.2) is 9.37 Å². The molecule has 15 heteroatoms. The number of hydrogen-bond donors (Lipinski definition) is 3. The van der Waals surface area contributed by atoms with Gasteiger partial charge in [0, 0.05) is 50.4 Å². The average Bonchev–Trinajstić information content (AvgIpc) is 3.72. The van der Waals surface area contributed by atoms with Crippen molar-refractivity contribution in [1.29, 1.82) is 0 Å². The van der Waals surface area contributed by atoms with Crippen LogP contribution in [0.1, 0.15) is 161 Å². The first kappa shape index (κ1) is 53.2. The molecule has 2 heterocycles. The van der Waals surface area contributed by atoms with Gasteiger partial charge in [-0.3, -0.25) is 28.9 Å². The van der Waals surface area contributed by atoms with Crippen LogP contribution in [0.25, 0.3) is 0 Å². The van der Waals surface area contributed by atoms with Gasteiger partial charge in [-0.15, -0.1) is 11.3 Å². The lowest BCUT2D eigenvalue weighted by Gasteiger charge is -2.40. The van der Waals surface area contributed by atoms with E-state index in [0.717, 1.165) is 57.1 Å². The lowest BCUT2D eigenvalue weighted by Crippen LogP contribution is -2.59. The van der Waals surface area contributed by atoms with Crippen LogP contribution in [-0.4, -0.2) is 107 Å². The topological polar surface area (TPSA) is 161 Å². The maximum atomic E-state index is 14.9. The summed E-state index contributed by atoms with van der Waals surface area (Å²) < 4.78 is 20.8. The molecule has 1 aliphatic rings. The lowest BCUT2D eigenvalue weighted by molar-refractivity contribution is -0.150. The summed E-state index contributed by atoms with van der Waals surface area (Å²) >= 11 is 1.17. The van der Waals surface area contributed by atoms with E-state index in [1.54, 1.807) is 38.4 Å². The Kier molecular flexibility index (Phi) is 21.0. The van der Waals surface area contributed by atoms with Crippen molar-refractivity contribution < 1.29 is 38.2 Å². The molecule has 1 aromatic heterocycles. The van der Waals surface area contributed by atoms with Crippen LogP contribution in [0.5, 0.6) is 0 Å². The van der Waals surface area contributed by atoms with Crippen molar-refractivity contribution >= 4 is 46.7 Å². The molecule has 6 atom stereocenters. The molecule has 13 nitrogen and oxygen atoms in total. The van der Waals surface area contributed by atoms with Gasteiger partial charge in [0.05, 0.1) is 17.1 Å². The molecule has 3 amide bonds. The third-order valence-corrected chi connectivity index (χ3v) is 13.6. The van der Waals surface area contributed by atoms with E-state index in [0.29, 0.717) is 23.7 Å². The molecule has 1 saturated heterocycles. The Hall–Kier alpha value is -4.11. The number of anilines is 1. The molecule has 1 aliphatic heterocycles. The van der Waals surface area contributed by atoms with Gasteiger partial charge < -0.3 is 30.3 Å². The number of hydrogen-bond acceptors (Lipinski definition) is 10. The van der Waals surface area contributed by atoms with Crippen LogP contribution >= 0.6 is 11.3 Å². The van der Waals surface area contributed by atoms with Crippen LogP contribution in [0, 0.1) is 23.1 Å². The van der Waals surface area contributed by atoms with Crippen molar-refractivity contribution in [3.63, 3.8) is 0 Å². The number of benzene rings is 1. The minimum atomic E-state index is -1.20. The number of likely N-dealkylation sites (tertiary alicyclic amines) is 1. The highest BCUT2D eigenvalue weighted by atomic mass is 32.1. The number of likely N-dealkylation sites (N-methyl/N-ethyl adjacent to an activating group) is 1. The number of carbonyl (C=O) groups excluding carboxylic acids is 4. The smallest absolute Gasteiger partial charge is 0.309 e. The summed E-state index contributed by atoms with van der Waals surface area (Å²) in [7, 11) is 3.76. The fraction of sp³-hybridized carbons (Fsp3) is 0.708. The molecule has 1 unspecified atom stereocenters. The molecule has 354 valence electrons. The van der Waals surface area contributed by atoms with Gasteiger partial charge in [0.1, 0.15) is 22.6 Å². The first-order valence-corrected chi connectivity index (χ1v) is 24.0. The maximum absolute atomic E-state index is 14.9. The molecule has 3 rings (SSSR count). The fourth-order valence-electron chi connectivity index (χ4n) is 8.24. The molecule has 1 aromatic carbocycles. The molecular weight excluding hydrogens is 824 g/mol. The van der Waals surface area contributed by atoms with Gasteiger partial charge in [-0.2, -0.15) is 0 Å². The SMILES string of the molecule is CCCCCCN(C(=O)[C@@H](NC(=O)[C@H]1CCCCN1C)[C@@H](C)CC)[C@H](C[C@@H](OC(C)=O)c1nc(C(=O)NC(Cc2ccc(F)c(N(C)C(C)C)c2)CC(C)(C)C(=O)O)cs1)C(C)C. The number of esters is 1. The highest BCUT2D eigenvalue weighted by molar-refractivity contribution is 7.09. The summed E-state index contributed by atoms with van der Waals surface area (Å²) in [6, 6.07) is 2.66. The first-order valence-electron chi connectivity index (χ1n) is 23.1. The molecule has 0 saturated carbocycles. The zero-order chi connectivity index (χ0) is 47.2. The number of carbonyl (C=O) groups is 5. The van der Waals surface area contributed by atoms with Gasteiger partial charge in [-0.1, -0.05) is 72.8 Å². The quantitative estimate of drug-likeness (QED) is 0.0652. The number of unbranched alkanes of at least 4 members (excludes halogenated alkanes) is 3. The Labute approximate surface area is 380 Å². The third-order valence-electron chi connectivity index (χ3n) is 12.7. The molecule has 0 bridgehead atoms. The van der Waals surface area contributed by atoms with Crippen molar-refractivity contribution in [3.05, 3.63) is 45.7 Å². The molecule has 0 aliphatic carbocycles. The number of aromatic nitrogens is 1. The summed E-state index contributed by atoms with van der Waals surface area (Å²) in [6.07, 6.45) is 6.79. The van der Waals surface area contributed by atoms with E-state index in [1.165, 1.54) is 24.3 Å². The number of thiazole rings is 1. The van der Waals surface area contributed by atoms with E-state index in [9.17, 15) is 33.5 Å². The first-order chi connectivity index (χ1) is 29.6. The second-order valence-electron chi connectivity index (χ2n) is 18.9. The summed E-state index contributed by atoms with van der Waals surface area (Å²) in [6.45, 7) is 19.9. The minimum Gasteiger partial charge on any atom is -0.481 e. The Balaban J connectivity index is 1.97. The van der Waals surface area contributed by atoms with Crippen LogP contribution in [0.15, 0.2) is 23.6 Å².